The first-order valence-corrected chi connectivity index (χ1v) is 14.3. The quantitative estimate of drug-likeness (QED) is 0.220. The van der Waals surface area contributed by atoms with Crippen molar-refractivity contribution in [3.63, 3.8) is 0 Å². The summed E-state index contributed by atoms with van der Waals surface area (Å²) in [5.41, 5.74) is 9.12. The van der Waals surface area contributed by atoms with Gasteiger partial charge in [0.1, 0.15) is 11.3 Å². The van der Waals surface area contributed by atoms with Crippen LogP contribution in [0.4, 0.5) is 0 Å². The van der Waals surface area contributed by atoms with E-state index in [0.717, 1.165) is 67.2 Å². The van der Waals surface area contributed by atoms with E-state index in [-0.39, 0.29) is 0 Å². The molecule has 5 aromatic carbocycles. The molecule has 0 radical (unpaired) electrons. The van der Waals surface area contributed by atoms with Gasteiger partial charge in [-0.2, -0.15) is 0 Å². The zero-order valence-corrected chi connectivity index (χ0v) is 23.0. The van der Waals surface area contributed by atoms with Crippen molar-refractivity contribution in [3.8, 4) is 34.2 Å². The summed E-state index contributed by atoms with van der Waals surface area (Å²) in [4.78, 5) is 15.5. The molecular formula is C37H24N6. The first-order chi connectivity index (χ1) is 21.3. The van der Waals surface area contributed by atoms with Crippen LogP contribution in [0.2, 0.25) is 0 Å². The minimum atomic E-state index is 0.670. The molecule has 202 valence electrons. The molecule has 0 atom stereocenters. The predicted molar refractivity (Wildman–Crippen MR) is 173 cm³/mol. The molecule has 0 saturated heterocycles. The molecule has 0 aliphatic heterocycles. The van der Waals surface area contributed by atoms with Gasteiger partial charge in [0, 0.05) is 28.3 Å². The van der Waals surface area contributed by atoms with Gasteiger partial charge in [0.05, 0.1) is 22.2 Å². The number of hydrogen-bond donors (Lipinski definition) is 0. The number of benzene rings is 5. The third-order valence-corrected chi connectivity index (χ3v) is 8.07. The molecule has 4 heterocycles. The second-order valence-electron chi connectivity index (χ2n) is 10.6. The third-order valence-electron chi connectivity index (χ3n) is 8.07. The van der Waals surface area contributed by atoms with Crippen molar-refractivity contribution in [2.45, 2.75) is 0 Å². The summed E-state index contributed by atoms with van der Waals surface area (Å²) in [5, 5.41) is 1.11. The second kappa shape index (κ2) is 9.26. The lowest BCUT2D eigenvalue weighted by Gasteiger charge is -2.10. The van der Waals surface area contributed by atoms with Crippen LogP contribution in [0.25, 0.3) is 73.0 Å². The molecule has 0 fully saturated rings. The minimum Gasteiger partial charge on any atom is -0.294 e. The van der Waals surface area contributed by atoms with Crippen LogP contribution in [0.1, 0.15) is 0 Å². The predicted octanol–water partition coefficient (Wildman–Crippen LogP) is 8.50. The highest BCUT2D eigenvalue weighted by Crippen LogP contribution is 2.36. The van der Waals surface area contributed by atoms with Crippen molar-refractivity contribution in [1.29, 1.82) is 0 Å². The Hall–Kier alpha value is -6.01. The lowest BCUT2D eigenvalue weighted by molar-refractivity contribution is 1.01. The molecule has 0 amide bonds. The molecule has 6 nitrogen and oxygen atoms in total. The van der Waals surface area contributed by atoms with E-state index in [9.17, 15) is 0 Å². The molecule has 0 unspecified atom stereocenters. The smallest absolute Gasteiger partial charge is 0.223 e. The molecule has 6 heteroatoms. The summed E-state index contributed by atoms with van der Waals surface area (Å²) >= 11 is 0. The van der Waals surface area contributed by atoms with Crippen molar-refractivity contribution >= 4 is 38.9 Å². The zero-order valence-electron chi connectivity index (χ0n) is 23.0. The molecule has 43 heavy (non-hydrogen) atoms. The van der Waals surface area contributed by atoms with E-state index in [0.29, 0.717) is 5.82 Å². The first kappa shape index (κ1) is 23.7. The van der Waals surface area contributed by atoms with Crippen molar-refractivity contribution in [2.24, 2.45) is 0 Å². The van der Waals surface area contributed by atoms with Crippen LogP contribution in [0.3, 0.4) is 0 Å². The molecular weight excluding hydrogens is 528 g/mol. The van der Waals surface area contributed by atoms with Crippen molar-refractivity contribution in [2.75, 3.05) is 0 Å². The Morgan fingerprint density at radius 3 is 1.81 bits per heavy atom. The van der Waals surface area contributed by atoms with Gasteiger partial charge in [-0.05, 0) is 30.3 Å². The number of imidazole rings is 2. The standard InChI is InChI=1S/C37H24N6/c1-4-14-25(15-5-1)29-24-33(39-35(38-29)26-16-6-2-7-17-26)42-31-22-12-13-23-32(31)43-36-34(40-37(42)43)28-20-10-11-21-30(28)41(36)27-18-8-3-9-19-27/h1-24H. The normalized spacial score (nSPS) is 11.7. The van der Waals surface area contributed by atoms with E-state index in [1.807, 2.05) is 42.5 Å². The third kappa shape index (κ3) is 3.57. The Bertz CT molecular complexity index is 2380. The van der Waals surface area contributed by atoms with Gasteiger partial charge in [0.15, 0.2) is 11.5 Å². The summed E-state index contributed by atoms with van der Waals surface area (Å²) in [6, 6.07) is 49.9. The molecule has 4 aromatic heterocycles. The fraction of sp³-hybridized carbons (Fsp3) is 0. The van der Waals surface area contributed by atoms with Gasteiger partial charge in [-0.25, -0.2) is 15.0 Å². The van der Waals surface area contributed by atoms with E-state index in [2.05, 4.69) is 117 Å². The Labute approximate surface area is 246 Å². The van der Waals surface area contributed by atoms with E-state index in [1.165, 1.54) is 0 Å². The lowest BCUT2D eigenvalue weighted by atomic mass is 10.1. The first-order valence-electron chi connectivity index (χ1n) is 14.3. The highest BCUT2D eigenvalue weighted by molar-refractivity contribution is 6.09. The van der Waals surface area contributed by atoms with Crippen LogP contribution < -0.4 is 0 Å². The van der Waals surface area contributed by atoms with Crippen LogP contribution in [0.15, 0.2) is 146 Å². The highest BCUT2D eigenvalue weighted by Gasteiger charge is 2.24. The topological polar surface area (TPSA) is 52.9 Å². The Balaban J connectivity index is 1.42. The molecule has 9 aromatic rings. The Morgan fingerprint density at radius 2 is 1.07 bits per heavy atom. The number of nitrogens with zero attached hydrogens (tertiary/aromatic N) is 6. The van der Waals surface area contributed by atoms with Crippen LogP contribution in [-0.4, -0.2) is 28.5 Å². The summed E-state index contributed by atoms with van der Waals surface area (Å²) in [7, 11) is 0. The van der Waals surface area contributed by atoms with Crippen LogP contribution in [0.5, 0.6) is 0 Å². The number of fused-ring (bicyclic) bond motifs is 7. The lowest BCUT2D eigenvalue weighted by Crippen LogP contribution is -2.03. The SMILES string of the molecule is c1ccc(-c2cc(-n3c4ccccc4n4c3nc3c5ccccc5n(-c5ccccc5)c34)nc(-c3ccccc3)n2)cc1. The number of hydrogen-bond acceptors (Lipinski definition) is 3. The number of para-hydroxylation sites is 4. The number of aromatic nitrogens is 6. The van der Waals surface area contributed by atoms with Crippen LogP contribution in [-0.2, 0) is 0 Å². The monoisotopic (exact) mass is 552 g/mol. The molecule has 0 aliphatic rings. The average Bonchev–Trinajstić information content (AvgIpc) is 3.71. The fourth-order valence-corrected chi connectivity index (χ4v) is 6.18. The van der Waals surface area contributed by atoms with E-state index < -0.39 is 0 Å². The molecule has 9 rings (SSSR count). The summed E-state index contributed by atoms with van der Waals surface area (Å²) in [5.74, 6) is 2.24. The maximum atomic E-state index is 5.35. The molecule has 0 aliphatic carbocycles. The summed E-state index contributed by atoms with van der Waals surface area (Å²) in [6.07, 6.45) is 0. The Morgan fingerprint density at radius 1 is 0.465 bits per heavy atom. The van der Waals surface area contributed by atoms with Gasteiger partial charge in [0.2, 0.25) is 5.78 Å². The van der Waals surface area contributed by atoms with E-state index in [4.69, 9.17) is 15.0 Å². The minimum absolute atomic E-state index is 0.670. The van der Waals surface area contributed by atoms with Gasteiger partial charge in [-0.1, -0.05) is 109 Å². The van der Waals surface area contributed by atoms with E-state index in [1.54, 1.807) is 0 Å². The highest BCUT2D eigenvalue weighted by atomic mass is 15.3. The maximum Gasteiger partial charge on any atom is 0.223 e. The molecule has 0 N–H and O–H groups in total. The molecule has 0 bridgehead atoms. The largest absolute Gasteiger partial charge is 0.294 e. The fourth-order valence-electron chi connectivity index (χ4n) is 6.18. The van der Waals surface area contributed by atoms with Crippen LogP contribution >= 0.6 is 0 Å². The molecule has 0 saturated carbocycles. The average molecular weight is 553 g/mol. The maximum absolute atomic E-state index is 5.35. The van der Waals surface area contributed by atoms with Gasteiger partial charge < -0.3 is 0 Å². The molecule has 0 spiro atoms. The van der Waals surface area contributed by atoms with E-state index >= 15 is 0 Å². The van der Waals surface area contributed by atoms with Crippen molar-refractivity contribution in [3.05, 3.63) is 146 Å². The zero-order chi connectivity index (χ0) is 28.3. The van der Waals surface area contributed by atoms with Crippen LogP contribution in [0, 0.1) is 0 Å². The summed E-state index contributed by atoms with van der Waals surface area (Å²) < 4.78 is 6.75. The second-order valence-corrected chi connectivity index (χ2v) is 10.6. The number of rotatable bonds is 4. The van der Waals surface area contributed by atoms with Crippen molar-refractivity contribution < 1.29 is 0 Å². The van der Waals surface area contributed by atoms with Gasteiger partial charge in [0.25, 0.3) is 0 Å². The van der Waals surface area contributed by atoms with Gasteiger partial charge in [-0.3, -0.25) is 13.5 Å². The van der Waals surface area contributed by atoms with Gasteiger partial charge >= 0.3 is 0 Å². The van der Waals surface area contributed by atoms with Gasteiger partial charge in [-0.15, -0.1) is 0 Å². The Kier molecular flexibility index (Phi) is 5.10. The van der Waals surface area contributed by atoms with Crippen molar-refractivity contribution in [1.82, 2.24) is 28.5 Å². The summed E-state index contributed by atoms with van der Waals surface area (Å²) in [6.45, 7) is 0.